The molecule has 22 heavy (non-hydrogen) atoms. The summed E-state index contributed by atoms with van der Waals surface area (Å²) in [6.45, 7) is 0. The summed E-state index contributed by atoms with van der Waals surface area (Å²) >= 11 is 0. The van der Waals surface area contributed by atoms with Gasteiger partial charge < -0.3 is 10.7 Å². The summed E-state index contributed by atoms with van der Waals surface area (Å²) in [6, 6.07) is 20.1. The van der Waals surface area contributed by atoms with Gasteiger partial charge in [0.25, 0.3) is 0 Å². The van der Waals surface area contributed by atoms with Crippen LogP contribution >= 0.6 is 0 Å². The van der Waals surface area contributed by atoms with Crippen LogP contribution in [0.4, 0.5) is 0 Å². The first-order valence-corrected chi connectivity index (χ1v) is 7.22. The number of carbonyl (C=O) groups is 1. The number of hydrogen-bond acceptors (Lipinski definition) is 2. The number of imidazole rings is 1. The number of hydrogen-bond donors (Lipinski definition) is 2. The Morgan fingerprint density at radius 3 is 2.14 bits per heavy atom. The van der Waals surface area contributed by atoms with Crippen molar-refractivity contribution in [2.75, 3.05) is 0 Å². The number of amides is 1. The molecule has 0 saturated carbocycles. The Morgan fingerprint density at radius 2 is 1.55 bits per heavy atom. The molecule has 0 aliphatic heterocycles. The number of primary amides is 1. The van der Waals surface area contributed by atoms with Gasteiger partial charge in [-0.05, 0) is 0 Å². The van der Waals surface area contributed by atoms with Crippen LogP contribution in [-0.2, 0) is 11.2 Å². The summed E-state index contributed by atoms with van der Waals surface area (Å²) in [5, 5.41) is 0. The lowest BCUT2D eigenvalue weighted by Crippen LogP contribution is -2.11. The molecule has 0 aliphatic carbocycles. The highest BCUT2D eigenvalue weighted by molar-refractivity contribution is 5.78. The molecule has 0 atom stereocenters. The predicted molar refractivity (Wildman–Crippen MR) is 87.0 cm³/mol. The third kappa shape index (κ3) is 3.06. The van der Waals surface area contributed by atoms with Crippen molar-refractivity contribution in [3.63, 3.8) is 0 Å². The standard InChI is InChI=1S/C18H17N3O/c19-15(22)11-12-16-20-17(13-7-3-1-4-8-13)18(21-16)14-9-5-2-6-10-14/h1-10H,11-12H2,(H2,19,22)(H,20,21). The van der Waals surface area contributed by atoms with Gasteiger partial charge in [-0.25, -0.2) is 4.98 Å². The smallest absolute Gasteiger partial charge is 0.217 e. The summed E-state index contributed by atoms with van der Waals surface area (Å²) < 4.78 is 0. The Hall–Kier alpha value is -2.88. The highest BCUT2D eigenvalue weighted by Crippen LogP contribution is 2.30. The van der Waals surface area contributed by atoms with E-state index in [0.29, 0.717) is 6.42 Å². The SMILES string of the molecule is NC(=O)CCc1nc(-c2ccccc2)c(-c2ccccc2)[nH]1. The fraction of sp³-hybridized carbons (Fsp3) is 0.111. The van der Waals surface area contributed by atoms with E-state index in [4.69, 9.17) is 5.73 Å². The number of H-pyrrole nitrogens is 1. The summed E-state index contributed by atoms with van der Waals surface area (Å²) in [6.07, 6.45) is 0.804. The van der Waals surface area contributed by atoms with Crippen molar-refractivity contribution in [3.05, 3.63) is 66.5 Å². The first-order chi connectivity index (χ1) is 10.7. The largest absolute Gasteiger partial charge is 0.370 e. The Kier molecular flexibility index (Phi) is 4.01. The van der Waals surface area contributed by atoms with E-state index in [1.165, 1.54) is 0 Å². The van der Waals surface area contributed by atoms with E-state index in [2.05, 4.69) is 9.97 Å². The minimum Gasteiger partial charge on any atom is -0.370 e. The molecule has 110 valence electrons. The van der Waals surface area contributed by atoms with Gasteiger partial charge in [-0.2, -0.15) is 0 Å². The minimum atomic E-state index is -0.320. The summed E-state index contributed by atoms with van der Waals surface area (Å²) in [5.74, 6) is 0.454. The van der Waals surface area contributed by atoms with Crippen LogP contribution in [0.25, 0.3) is 22.5 Å². The first kappa shape index (κ1) is 14.1. The fourth-order valence-corrected chi connectivity index (χ4v) is 2.40. The van der Waals surface area contributed by atoms with Crippen LogP contribution in [0.15, 0.2) is 60.7 Å². The topological polar surface area (TPSA) is 71.8 Å². The van der Waals surface area contributed by atoms with E-state index in [0.717, 1.165) is 28.3 Å². The Morgan fingerprint density at radius 1 is 0.955 bits per heavy atom. The van der Waals surface area contributed by atoms with Crippen molar-refractivity contribution in [3.8, 4) is 22.5 Å². The van der Waals surface area contributed by atoms with Gasteiger partial charge in [0.15, 0.2) is 0 Å². The second-order valence-corrected chi connectivity index (χ2v) is 5.11. The highest BCUT2D eigenvalue weighted by Gasteiger charge is 2.14. The maximum absolute atomic E-state index is 11.0. The second-order valence-electron chi connectivity index (χ2n) is 5.11. The van der Waals surface area contributed by atoms with Gasteiger partial charge in [0.05, 0.1) is 11.4 Å². The van der Waals surface area contributed by atoms with Gasteiger partial charge in [0.2, 0.25) is 5.91 Å². The molecule has 4 heteroatoms. The number of carbonyl (C=O) groups excluding carboxylic acids is 1. The van der Waals surface area contributed by atoms with E-state index < -0.39 is 0 Å². The molecule has 3 rings (SSSR count). The molecular formula is C18H17N3O. The molecule has 0 unspecified atom stereocenters. The van der Waals surface area contributed by atoms with Crippen molar-refractivity contribution < 1.29 is 4.79 Å². The van der Waals surface area contributed by atoms with E-state index in [-0.39, 0.29) is 12.3 Å². The van der Waals surface area contributed by atoms with Crippen LogP contribution in [-0.4, -0.2) is 15.9 Å². The second kappa shape index (κ2) is 6.26. The van der Waals surface area contributed by atoms with Gasteiger partial charge in [-0.15, -0.1) is 0 Å². The highest BCUT2D eigenvalue weighted by atomic mass is 16.1. The third-order valence-corrected chi connectivity index (χ3v) is 3.47. The predicted octanol–water partition coefficient (Wildman–Crippen LogP) is 3.16. The molecule has 3 aromatic rings. The summed E-state index contributed by atoms with van der Waals surface area (Å²) in [7, 11) is 0. The van der Waals surface area contributed by atoms with Crippen LogP contribution < -0.4 is 5.73 Å². The Bertz CT molecular complexity index is 707. The van der Waals surface area contributed by atoms with Crippen molar-refractivity contribution in [1.82, 2.24) is 9.97 Å². The van der Waals surface area contributed by atoms with Crippen LogP contribution in [0.5, 0.6) is 0 Å². The van der Waals surface area contributed by atoms with Crippen LogP contribution in [0.1, 0.15) is 12.2 Å². The molecule has 3 N–H and O–H groups in total. The van der Waals surface area contributed by atoms with E-state index in [1.807, 2.05) is 60.7 Å². The molecular weight excluding hydrogens is 274 g/mol. The lowest BCUT2D eigenvalue weighted by Gasteiger charge is -2.02. The zero-order valence-corrected chi connectivity index (χ0v) is 12.1. The van der Waals surface area contributed by atoms with Crippen LogP contribution in [0, 0.1) is 0 Å². The molecule has 4 nitrogen and oxygen atoms in total. The van der Waals surface area contributed by atoms with Gasteiger partial charge in [0.1, 0.15) is 5.82 Å². The number of nitrogens with zero attached hydrogens (tertiary/aromatic N) is 1. The number of aryl methyl sites for hydroxylation is 1. The fourth-order valence-electron chi connectivity index (χ4n) is 2.40. The number of nitrogens with one attached hydrogen (secondary N) is 1. The van der Waals surface area contributed by atoms with Crippen molar-refractivity contribution >= 4 is 5.91 Å². The number of benzene rings is 2. The molecule has 0 aliphatic rings. The maximum Gasteiger partial charge on any atom is 0.217 e. The average molecular weight is 291 g/mol. The van der Waals surface area contributed by atoms with E-state index in [9.17, 15) is 4.79 Å². The normalized spacial score (nSPS) is 10.5. The number of nitrogens with two attached hydrogens (primary N) is 1. The molecule has 1 amide bonds. The zero-order chi connectivity index (χ0) is 15.4. The number of rotatable bonds is 5. The third-order valence-electron chi connectivity index (χ3n) is 3.47. The van der Waals surface area contributed by atoms with E-state index >= 15 is 0 Å². The van der Waals surface area contributed by atoms with Crippen molar-refractivity contribution in [2.45, 2.75) is 12.8 Å². The maximum atomic E-state index is 11.0. The Labute approximate surface area is 129 Å². The van der Waals surface area contributed by atoms with Gasteiger partial charge in [-0.3, -0.25) is 4.79 Å². The molecule has 0 fully saturated rings. The summed E-state index contributed by atoms with van der Waals surface area (Å²) in [5.41, 5.74) is 9.20. The van der Waals surface area contributed by atoms with Gasteiger partial charge in [-0.1, -0.05) is 60.7 Å². The molecule has 1 aromatic heterocycles. The molecule has 0 radical (unpaired) electrons. The molecule has 0 spiro atoms. The first-order valence-electron chi connectivity index (χ1n) is 7.22. The number of aromatic amines is 1. The average Bonchev–Trinajstić information content (AvgIpc) is 2.99. The molecule has 0 bridgehead atoms. The van der Waals surface area contributed by atoms with Crippen molar-refractivity contribution in [1.29, 1.82) is 0 Å². The number of aromatic nitrogens is 2. The minimum absolute atomic E-state index is 0.288. The van der Waals surface area contributed by atoms with Gasteiger partial charge >= 0.3 is 0 Å². The molecule has 2 aromatic carbocycles. The van der Waals surface area contributed by atoms with E-state index in [1.54, 1.807) is 0 Å². The molecule has 1 heterocycles. The zero-order valence-electron chi connectivity index (χ0n) is 12.1. The quantitative estimate of drug-likeness (QED) is 0.758. The van der Waals surface area contributed by atoms with Crippen LogP contribution in [0.3, 0.4) is 0 Å². The lowest BCUT2D eigenvalue weighted by atomic mass is 10.1. The van der Waals surface area contributed by atoms with Crippen LogP contribution in [0.2, 0.25) is 0 Å². The molecule has 0 saturated heterocycles. The monoisotopic (exact) mass is 291 g/mol. The van der Waals surface area contributed by atoms with Crippen molar-refractivity contribution in [2.24, 2.45) is 5.73 Å². The lowest BCUT2D eigenvalue weighted by molar-refractivity contribution is -0.118. The van der Waals surface area contributed by atoms with Gasteiger partial charge in [0, 0.05) is 24.0 Å². The Balaban J connectivity index is 2.04. The summed E-state index contributed by atoms with van der Waals surface area (Å²) in [4.78, 5) is 19.0.